The lowest BCUT2D eigenvalue weighted by atomic mass is 10.0. The van der Waals surface area contributed by atoms with Crippen LogP contribution in [-0.4, -0.2) is 16.7 Å². The predicted octanol–water partition coefficient (Wildman–Crippen LogP) is 6.34. The van der Waals surface area contributed by atoms with Gasteiger partial charge in [0, 0.05) is 30.2 Å². The second-order valence-electron chi connectivity index (χ2n) is 7.27. The minimum atomic E-state index is -0.0337. The van der Waals surface area contributed by atoms with Gasteiger partial charge in [0.15, 0.2) is 5.78 Å². The van der Waals surface area contributed by atoms with Crippen molar-refractivity contribution in [3.8, 4) is 11.3 Å². The zero-order valence-corrected chi connectivity index (χ0v) is 19.5. The molecule has 1 amide bonds. The van der Waals surface area contributed by atoms with Crippen LogP contribution in [0.15, 0.2) is 72.9 Å². The van der Waals surface area contributed by atoms with Crippen LogP contribution in [0.4, 0.5) is 11.4 Å². The van der Waals surface area contributed by atoms with E-state index in [0.29, 0.717) is 29.8 Å². The van der Waals surface area contributed by atoms with E-state index in [-0.39, 0.29) is 36.5 Å². The number of carbonyl (C=O) groups is 2. The topological polar surface area (TPSA) is 85.1 Å². The van der Waals surface area contributed by atoms with Gasteiger partial charge in [-0.1, -0.05) is 55.3 Å². The standard InChI is InChI=1S/C25H27N3O2.2ClH/c26-21-12-8-9-13-23(21)28-25(30)15-7-2-1-6-14-24(29)20-16-17-22(27-18-20)19-10-4-3-5-11-19;;/h3-5,8-13,16-18H,1-2,6-7,14-15,26H2,(H,28,30);2*1H. The minimum absolute atomic E-state index is 0. The molecule has 0 unspecified atom stereocenters. The van der Waals surface area contributed by atoms with Crippen LogP contribution in [0.2, 0.25) is 0 Å². The van der Waals surface area contributed by atoms with Crippen molar-refractivity contribution in [2.45, 2.75) is 38.5 Å². The number of nitrogens with one attached hydrogen (secondary N) is 1. The SMILES string of the molecule is Cl.Cl.Nc1ccccc1NC(=O)CCCCCCC(=O)c1ccc(-c2ccccc2)nc1. The van der Waals surface area contributed by atoms with Gasteiger partial charge in [0.1, 0.15) is 0 Å². The number of rotatable bonds is 10. The second kappa shape index (κ2) is 14.2. The molecular formula is C25H29Cl2N3O2. The number of nitrogens with two attached hydrogens (primary N) is 1. The number of nitrogen functional groups attached to an aromatic ring is 1. The summed E-state index contributed by atoms with van der Waals surface area (Å²) < 4.78 is 0. The molecule has 2 aromatic carbocycles. The molecule has 0 saturated carbocycles. The summed E-state index contributed by atoms with van der Waals surface area (Å²) in [5.74, 6) is 0.0768. The zero-order chi connectivity index (χ0) is 21.2. The number of Topliss-reactive ketones (excluding diaryl/α,β-unsaturated/α-hetero) is 1. The van der Waals surface area contributed by atoms with Crippen LogP contribution >= 0.6 is 24.8 Å². The molecule has 170 valence electrons. The number of halogens is 2. The van der Waals surface area contributed by atoms with E-state index in [2.05, 4.69) is 10.3 Å². The van der Waals surface area contributed by atoms with E-state index in [1.165, 1.54) is 0 Å². The van der Waals surface area contributed by atoms with Crippen molar-refractivity contribution in [3.63, 3.8) is 0 Å². The Labute approximate surface area is 201 Å². The molecule has 32 heavy (non-hydrogen) atoms. The maximum atomic E-state index is 12.4. The molecule has 3 aromatic rings. The van der Waals surface area contributed by atoms with Gasteiger partial charge in [-0.3, -0.25) is 14.6 Å². The number of hydrogen-bond donors (Lipinski definition) is 2. The average molecular weight is 474 g/mol. The van der Waals surface area contributed by atoms with Crippen LogP contribution in [0, 0.1) is 0 Å². The highest BCUT2D eigenvalue weighted by molar-refractivity contribution is 5.96. The predicted molar refractivity (Wildman–Crippen MR) is 136 cm³/mol. The van der Waals surface area contributed by atoms with E-state index >= 15 is 0 Å². The number of nitrogens with zero attached hydrogens (tertiary/aromatic N) is 1. The number of amides is 1. The van der Waals surface area contributed by atoms with E-state index in [1.54, 1.807) is 18.3 Å². The number of para-hydroxylation sites is 2. The number of carbonyl (C=O) groups excluding carboxylic acids is 2. The number of ketones is 1. The highest BCUT2D eigenvalue weighted by Crippen LogP contribution is 2.19. The Balaban J connectivity index is 0.00000256. The summed E-state index contributed by atoms with van der Waals surface area (Å²) in [6, 6.07) is 20.9. The first-order chi connectivity index (χ1) is 14.6. The van der Waals surface area contributed by atoms with Gasteiger partial charge in [-0.25, -0.2) is 0 Å². The first-order valence-electron chi connectivity index (χ1n) is 10.3. The Kier molecular flexibility index (Phi) is 12.1. The van der Waals surface area contributed by atoms with Crippen molar-refractivity contribution in [1.29, 1.82) is 0 Å². The van der Waals surface area contributed by atoms with Crippen LogP contribution < -0.4 is 11.1 Å². The molecule has 0 saturated heterocycles. The molecule has 3 rings (SSSR count). The number of unbranched alkanes of at least 4 members (excludes halogenated alkanes) is 3. The van der Waals surface area contributed by atoms with E-state index in [9.17, 15) is 9.59 Å². The molecule has 0 radical (unpaired) electrons. The maximum Gasteiger partial charge on any atom is 0.224 e. The maximum absolute atomic E-state index is 12.4. The lowest BCUT2D eigenvalue weighted by Crippen LogP contribution is -2.12. The van der Waals surface area contributed by atoms with Gasteiger partial charge < -0.3 is 11.1 Å². The Morgan fingerprint density at radius 1 is 0.781 bits per heavy atom. The fourth-order valence-corrected chi connectivity index (χ4v) is 3.23. The quantitative estimate of drug-likeness (QED) is 0.204. The first-order valence-corrected chi connectivity index (χ1v) is 10.3. The molecule has 0 fully saturated rings. The molecule has 7 heteroatoms. The first kappa shape index (κ1) is 27.1. The molecule has 5 nitrogen and oxygen atoms in total. The summed E-state index contributed by atoms with van der Waals surface area (Å²) in [5, 5.41) is 2.83. The van der Waals surface area contributed by atoms with Crippen molar-refractivity contribution in [2.75, 3.05) is 11.1 Å². The average Bonchev–Trinajstić information content (AvgIpc) is 2.78. The Morgan fingerprint density at radius 3 is 2.09 bits per heavy atom. The van der Waals surface area contributed by atoms with Gasteiger partial charge in [0.2, 0.25) is 5.91 Å². The van der Waals surface area contributed by atoms with Crippen molar-refractivity contribution >= 4 is 47.9 Å². The molecule has 0 spiro atoms. The van der Waals surface area contributed by atoms with Gasteiger partial charge in [-0.2, -0.15) is 0 Å². The summed E-state index contributed by atoms with van der Waals surface area (Å²) in [5.41, 5.74) is 9.59. The monoisotopic (exact) mass is 473 g/mol. The lowest BCUT2D eigenvalue weighted by molar-refractivity contribution is -0.116. The molecule has 0 atom stereocenters. The Hall–Kier alpha value is -2.89. The van der Waals surface area contributed by atoms with Crippen molar-refractivity contribution in [2.24, 2.45) is 0 Å². The van der Waals surface area contributed by atoms with Gasteiger partial charge >= 0.3 is 0 Å². The van der Waals surface area contributed by atoms with E-state index in [0.717, 1.165) is 36.9 Å². The Bertz CT molecular complexity index is 980. The molecule has 1 heterocycles. The van der Waals surface area contributed by atoms with Crippen molar-refractivity contribution in [3.05, 3.63) is 78.5 Å². The summed E-state index contributed by atoms with van der Waals surface area (Å²) >= 11 is 0. The lowest BCUT2D eigenvalue weighted by Gasteiger charge is -2.07. The van der Waals surface area contributed by atoms with Crippen molar-refractivity contribution < 1.29 is 9.59 Å². The number of anilines is 2. The molecular weight excluding hydrogens is 445 g/mol. The summed E-state index contributed by atoms with van der Waals surface area (Å²) in [4.78, 5) is 28.8. The van der Waals surface area contributed by atoms with Gasteiger partial charge in [0.25, 0.3) is 0 Å². The zero-order valence-electron chi connectivity index (χ0n) is 17.8. The third-order valence-corrected chi connectivity index (χ3v) is 4.95. The van der Waals surface area contributed by atoms with Crippen LogP contribution in [0.3, 0.4) is 0 Å². The fraction of sp³-hybridized carbons (Fsp3) is 0.240. The molecule has 1 aromatic heterocycles. The van der Waals surface area contributed by atoms with Crippen LogP contribution in [0.25, 0.3) is 11.3 Å². The highest BCUT2D eigenvalue weighted by atomic mass is 35.5. The highest BCUT2D eigenvalue weighted by Gasteiger charge is 2.08. The Morgan fingerprint density at radius 2 is 1.44 bits per heavy atom. The molecule has 0 aliphatic rings. The van der Waals surface area contributed by atoms with E-state index in [1.807, 2.05) is 54.6 Å². The van der Waals surface area contributed by atoms with Crippen LogP contribution in [0.5, 0.6) is 0 Å². The molecule has 0 aliphatic heterocycles. The number of aromatic nitrogens is 1. The molecule has 0 aliphatic carbocycles. The van der Waals surface area contributed by atoms with Gasteiger partial charge in [-0.15, -0.1) is 24.8 Å². The smallest absolute Gasteiger partial charge is 0.224 e. The normalized spacial score (nSPS) is 9.88. The number of benzene rings is 2. The van der Waals surface area contributed by atoms with Gasteiger partial charge in [-0.05, 0) is 37.1 Å². The number of pyridine rings is 1. The van der Waals surface area contributed by atoms with E-state index in [4.69, 9.17) is 5.73 Å². The van der Waals surface area contributed by atoms with Crippen LogP contribution in [0.1, 0.15) is 48.9 Å². The van der Waals surface area contributed by atoms with Gasteiger partial charge in [0.05, 0.1) is 17.1 Å². The fourth-order valence-electron chi connectivity index (χ4n) is 3.23. The third kappa shape index (κ3) is 8.33. The number of hydrogen-bond acceptors (Lipinski definition) is 4. The largest absolute Gasteiger partial charge is 0.397 e. The molecule has 3 N–H and O–H groups in total. The van der Waals surface area contributed by atoms with Crippen molar-refractivity contribution in [1.82, 2.24) is 4.98 Å². The molecule has 0 bridgehead atoms. The second-order valence-corrected chi connectivity index (χ2v) is 7.27. The van der Waals surface area contributed by atoms with E-state index < -0.39 is 0 Å². The minimum Gasteiger partial charge on any atom is -0.397 e. The summed E-state index contributed by atoms with van der Waals surface area (Å²) in [6.07, 6.45) is 6.04. The summed E-state index contributed by atoms with van der Waals surface area (Å²) in [7, 11) is 0. The summed E-state index contributed by atoms with van der Waals surface area (Å²) in [6.45, 7) is 0. The van der Waals surface area contributed by atoms with Crippen LogP contribution in [-0.2, 0) is 4.79 Å². The third-order valence-electron chi connectivity index (χ3n) is 4.95.